The molecule has 0 radical (unpaired) electrons. The van der Waals surface area contributed by atoms with Crippen LogP contribution >= 0.6 is 0 Å². The molecule has 0 saturated heterocycles. The van der Waals surface area contributed by atoms with Gasteiger partial charge in [0.15, 0.2) is 0 Å². The quantitative estimate of drug-likeness (QED) is 0.284. The predicted molar refractivity (Wildman–Crippen MR) is 135 cm³/mol. The fourth-order valence-electron chi connectivity index (χ4n) is 11.3. The molecule has 0 aromatic carbocycles. The van der Waals surface area contributed by atoms with Crippen molar-refractivity contribution in [2.24, 2.45) is 45.8 Å². The Bertz CT molecular complexity index is 879. The Morgan fingerprint density at radius 2 is 1.34 bits per heavy atom. The van der Waals surface area contributed by atoms with Gasteiger partial charge in [0, 0.05) is 23.0 Å². The summed E-state index contributed by atoms with van der Waals surface area (Å²) in [6.07, 6.45) is 18.7. The maximum absolute atomic E-state index is 12.7. The normalized spacial score (nSPS) is 45.7. The van der Waals surface area contributed by atoms with Gasteiger partial charge in [-0.3, -0.25) is 0 Å². The van der Waals surface area contributed by atoms with Crippen LogP contribution in [-0.2, 0) is 19.1 Å². The summed E-state index contributed by atoms with van der Waals surface area (Å²) in [5, 5.41) is 0. The molecule has 192 valence electrons. The maximum atomic E-state index is 12.7. The number of hydrogen-bond acceptors (Lipinski definition) is 4. The maximum Gasteiger partial charge on any atom is 0.330 e. The Morgan fingerprint density at radius 3 is 1.86 bits per heavy atom. The van der Waals surface area contributed by atoms with Gasteiger partial charge >= 0.3 is 11.9 Å². The van der Waals surface area contributed by atoms with E-state index in [4.69, 9.17) is 9.47 Å². The van der Waals surface area contributed by atoms with Gasteiger partial charge in [0.25, 0.3) is 0 Å². The first kappa shape index (κ1) is 23.8. The van der Waals surface area contributed by atoms with Crippen molar-refractivity contribution in [2.45, 2.75) is 109 Å². The molecule has 4 heteroatoms. The third kappa shape index (κ3) is 3.84. The first-order chi connectivity index (χ1) is 16.6. The Labute approximate surface area is 211 Å². The van der Waals surface area contributed by atoms with Crippen LogP contribution in [0.4, 0.5) is 0 Å². The first-order valence-electron chi connectivity index (χ1n) is 14.3. The van der Waals surface area contributed by atoms with Gasteiger partial charge in [-0.05, 0) is 132 Å². The monoisotopic (exact) mass is 480 g/mol. The van der Waals surface area contributed by atoms with Crippen molar-refractivity contribution in [3.63, 3.8) is 0 Å². The van der Waals surface area contributed by atoms with Crippen LogP contribution in [0, 0.1) is 45.8 Å². The van der Waals surface area contributed by atoms with Gasteiger partial charge < -0.3 is 9.47 Å². The summed E-state index contributed by atoms with van der Waals surface area (Å²) in [6, 6.07) is 0. The Kier molecular flexibility index (Phi) is 5.41. The van der Waals surface area contributed by atoms with E-state index < -0.39 is 5.60 Å². The fourth-order valence-corrected chi connectivity index (χ4v) is 11.3. The Hall–Kier alpha value is -1.58. The molecule has 8 saturated carbocycles. The molecule has 0 aliphatic heterocycles. The number of ether oxygens (including phenoxy) is 2. The number of esters is 2. The smallest absolute Gasteiger partial charge is 0.330 e. The third-order valence-electron chi connectivity index (χ3n) is 11.8. The molecular weight excluding hydrogens is 436 g/mol. The molecule has 3 unspecified atom stereocenters. The summed E-state index contributed by atoms with van der Waals surface area (Å²) in [6.45, 7) is 11.6. The minimum atomic E-state index is -0.519. The highest BCUT2D eigenvalue weighted by molar-refractivity contribution is 5.82. The van der Waals surface area contributed by atoms with Crippen molar-refractivity contribution in [1.29, 1.82) is 0 Å². The highest BCUT2D eigenvalue weighted by Crippen LogP contribution is 2.71. The van der Waals surface area contributed by atoms with Gasteiger partial charge in [-0.1, -0.05) is 13.2 Å². The third-order valence-corrected chi connectivity index (χ3v) is 11.8. The molecule has 0 aromatic heterocycles. The van der Waals surface area contributed by atoms with Crippen molar-refractivity contribution in [3.8, 4) is 0 Å². The predicted octanol–water partition coefficient (Wildman–Crippen LogP) is 6.79. The minimum absolute atomic E-state index is 0.00419. The summed E-state index contributed by atoms with van der Waals surface area (Å²) < 4.78 is 12.4. The topological polar surface area (TPSA) is 52.6 Å². The second-order valence-electron chi connectivity index (χ2n) is 14.5. The van der Waals surface area contributed by atoms with E-state index in [1.54, 1.807) is 0 Å². The molecule has 8 aliphatic carbocycles. The van der Waals surface area contributed by atoms with Crippen LogP contribution in [0.15, 0.2) is 25.3 Å². The molecule has 0 N–H and O–H groups in total. The number of hydrogen-bond donors (Lipinski definition) is 0. The molecule has 8 bridgehead atoms. The summed E-state index contributed by atoms with van der Waals surface area (Å²) in [5.74, 6) is 3.29. The van der Waals surface area contributed by atoms with Crippen LogP contribution in [0.5, 0.6) is 0 Å². The summed E-state index contributed by atoms with van der Waals surface area (Å²) in [5.41, 5.74) is -0.175. The van der Waals surface area contributed by atoms with Crippen LogP contribution in [-0.4, -0.2) is 23.6 Å². The largest absolute Gasteiger partial charge is 0.459 e. The zero-order valence-electron chi connectivity index (χ0n) is 21.9. The average molecular weight is 481 g/mol. The second-order valence-corrected chi connectivity index (χ2v) is 14.5. The lowest BCUT2D eigenvalue weighted by Crippen LogP contribution is -2.62. The molecular formula is C31H44O4. The average Bonchev–Trinajstić information content (AvgIpc) is 2.76. The van der Waals surface area contributed by atoms with E-state index in [9.17, 15) is 9.59 Å². The molecule has 4 nitrogen and oxygen atoms in total. The first-order valence-corrected chi connectivity index (χ1v) is 14.3. The molecule has 8 aliphatic rings. The second kappa shape index (κ2) is 7.96. The number of rotatable bonds is 8. The van der Waals surface area contributed by atoms with Crippen molar-refractivity contribution in [1.82, 2.24) is 0 Å². The van der Waals surface area contributed by atoms with Crippen molar-refractivity contribution >= 4 is 11.9 Å². The van der Waals surface area contributed by atoms with E-state index in [1.165, 1.54) is 69.9 Å². The molecule has 0 spiro atoms. The standard InChI is InChI=1S/C31H44O4/c1-5-26(32)34-25(30-13-20-7-21(14-30)9-22(8-20)15-30)18-29-11-23-10-24(12-29)17-31(16-23,19-29)28(3,4)35-27(33)6-2/h5-6,20-25H,1-2,7-19H2,3-4H3. The lowest BCUT2D eigenvalue weighted by Gasteiger charge is -2.67. The van der Waals surface area contributed by atoms with E-state index >= 15 is 0 Å². The van der Waals surface area contributed by atoms with E-state index in [0.29, 0.717) is 11.8 Å². The fraction of sp³-hybridized carbons (Fsp3) is 0.806. The highest BCUT2D eigenvalue weighted by atomic mass is 16.6. The Balaban J connectivity index is 1.32. The van der Waals surface area contributed by atoms with E-state index in [-0.39, 0.29) is 34.3 Å². The van der Waals surface area contributed by atoms with E-state index in [1.807, 2.05) is 0 Å². The molecule has 0 aromatic rings. The van der Waals surface area contributed by atoms with Crippen LogP contribution in [0.3, 0.4) is 0 Å². The van der Waals surface area contributed by atoms with Crippen LogP contribution in [0.2, 0.25) is 0 Å². The van der Waals surface area contributed by atoms with Crippen molar-refractivity contribution < 1.29 is 19.1 Å². The van der Waals surface area contributed by atoms with E-state index in [0.717, 1.165) is 43.4 Å². The summed E-state index contributed by atoms with van der Waals surface area (Å²) >= 11 is 0. The van der Waals surface area contributed by atoms with Crippen LogP contribution in [0.1, 0.15) is 97.3 Å². The summed E-state index contributed by atoms with van der Waals surface area (Å²) in [4.78, 5) is 25.0. The molecule has 0 heterocycles. The lowest BCUT2D eigenvalue weighted by molar-refractivity contribution is -0.224. The summed E-state index contributed by atoms with van der Waals surface area (Å²) in [7, 11) is 0. The SMILES string of the molecule is C=CC(=O)OC(CC12CC3CC(C1)CC(C(C)(C)OC(=O)C=C)(C3)C2)C12CC3CC(CC(C3)C1)C2. The van der Waals surface area contributed by atoms with Gasteiger partial charge in [-0.25, -0.2) is 9.59 Å². The van der Waals surface area contributed by atoms with Gasteiger partial charge in [-0.15, -0.1) is 0 Å². The molecule has 8 rings (SSSR count). The minimum Gasteiger partial charge on any atom is -0.459 e. The van der Waals surface area contributed by atoms with Crippen molar-refractivity contribution in [3.05, 3.63) is 25.3 Å². The molecule has 35 heavy (non-hydrogen) atoms. The van der Waals surface area contributed by atoms with Gasteiger partial charge in [0.1, 0.15) is 11.7 Å². The van der Waals surface area contributed by atoms with Gasteiger partial charge in [0.2, 0.25) is 0 Å². The van der Waals surface area contributed by atoms with Crippen molar-refractivity contribution in [2.75, 3.05) is 0 Å². The van der Waals surface area contributed by atoms with Crippen LogP contribution < -0.4 is 0 Å². The van der Waals surface area contributed by atoms with Gasteiger partial charge in [-0.2, -0.15) is 0 Å². The number of carbonyl (C=O) groups excluding carboxylic acids is 2. The molecule has 3 atom stereocenters. The van der Waals surface area contributed by atoms with Gasteiger partial charge in [0.05, 0.1) is 0 Å². The zero-order chi connectivity index (χ0) is 24.6. The lowest BCUT2D eigenvalue weighted by atomic mass is 9.39. The Morgan fingerprint density at radius 1 is 0.829 bits per heavy atom. The van der Waals surface area contributed by atoms with Crippen LogP contribution in [0.25, 0.3) is 0 Å². The molecule has 0 amide bonds. The zero-order valence-corrected chi connectivity index (χ0v) is 21.9. The van der Waals surface area contributed by atoms with E-state index in [2.05, 4.69) is 27.0 Å². The molecule has 8 fully saturated rings. The highest BCUT2D eigenvalue weighted by Gasteiger charge is 2.65. The number of carbonyl (C=O) groups is 2.